The average molecular weight is 533 g/mol. The minimum absolute atomic E-state index is 0. The highest BCUT2D eigenvalue weighted by molar-refractivity contribution is 7.96. The standard InChI is InChI=1S/C22H19Cl3O2P.BrH/c1-2-27-22(26)15-28(19-9-3-16(23)4-10-19,20-11-5-17(24)6-12-20)21-13-7-18(25)8-14-21;/h3-14H,2,15H2,1H3;1H/q+1;/p-1. The Kier molecular flexibility index (Phi) is 9.00. The van der Waals surface area contributed by atoms with Gasteiger partial charge >= 0.3 is 5.97 Å². The van der Waals surface area contributed by atoms with Crippen molar-refractivity contribution in [2.45, 2.75) is 6.92 Å². The predicted octanol–water partition coefficient (Wildman–Crippen LogP) is 2.51. The Bertz CT molecular complexity index is 834. The number of carbonyl (C=O) groups excluding carboxylic acids is 1. The summed E-state index contributed by atoms with van der Waals surface area (Å²) in [7, 11) is -2.35. The molecule has 0 saturated heterocycles. The van der Waals surface area contributed by atoms with E-state index in [0.29, 0.717) is 21.7 Å². The van der Waals surface area contributed by atoms with Crippen LogP contribution in [0.25, 0.3) is 0 Å². The molecule has 3 rings (SSSR count). The summed E-state index contributed by atoms with van der Waals surface area (Å²) in [5.41, 5.74) is 0. The Hall–Kier alpha value is -1.09. The molecule has 0 saturated carbocycles. The average Bonchev–Trinajstić information content (AvgIpc) is 2.68. The van der Waals surface area contributed by atoms with Crippen molar-refractivity contribution in [3.05, 3.63) is 87.9 Å². The third-order valence-corrected chi connectivity index (χ3v) is 9.50. The summed E-state index contributed by atoms with van der Waals surface area (Å²) in [6.07, 6.45) is 0.242. The molecule has 3 aromatic rings. The lowest BCUT2D eigenvalue weighted by Gasteiger charge is -2.27. The molecule has 0 unspecified atom stereocenters. The van der Waals surface area contributed by atoms with Crippen LogP contribution in [0.5, 0.6) is 0 Å². The summed E-state index contributed by atoms with van der Waals surface area (Å²) in [6, 6.07) is 23.0. The highest BCUT2D eigenvalue weighted by Gasteiger charge is 2.48. The fourth-order valence-corrected chi connectivity index (χ4v) is 7.48. The molecule has 0 aliphatic heterocycles. The van der Waals surface area contributed by atoms with Gasteiger partial charge in [-0.2, -0.15) is 0 Å². The number of ether oxygens (including phenoxy) is 1. The van der Waals surface area contributed by atoms with Gasteiger partial charge in [0.25, 0.3) is 0 Å². The molecule has 0 aromatic heterocycles. The predicted molar refractivity (Wildman–Crippen MR) is 122 cm³/mol. The van der Waals surface area contributed by atoms with E-state index in [2.05, 4.69) is 0 Å². The second-order valence-corrected chi connectivity index (χ2v) is 11.0. The number of carbonyl (C=O) groups is 1. The Morgan fingerprint density at radius 2 is 1.03 bits per heavy atom. The molecular weight excluding hydrogens is 513 g/mol. The first-order valence-corrected chi connectivity index (χ1v) is 11.9. The van der Waals surface area contributed by atoms with E-state index < -0.39 is 7.26 Å². The number of rotatable bonds is 6. The van der Waals surface area contributed by atoms with Crippen LogP contribution >= 0.6 is 42.1 Å². The molecule has 2 nitrogen and oxygen atoms in total. The second kappa shape index (κ2) is 10.8. The Morgan fingerprint density at radius 3 is 1.31 bits per heavy atom. The van der Waals surface area contributed by atoms with Gasteiger partial charge in [0.2, 0.25) is 0 Å². The van der Waals surface area contributed by atoms with E-state index in [-0.39, 0.29) is 29.1 Å². The van der Waals surface area contributed by atoms with Crippen molar-refractivity contribution in [1.29, 1.82) is 0 Å². The third kappa shape index (κ3) is 5.54. The first-order chi connectivity index (χ1) is 13.5. The minimum atomic E-state index is -2.35. The topological polar surface area (TPSA) is 26.3 Å². The molecule has 3 aromatic carbocycles. The zero-order valence-corrected chi connectivity index (χ0v) is 20.4. The van der Waals surface area contributed by atoms with Crippen LogP contribution in [-0.2, 0) is 9.53 Å². The fraction of sp³-hybridized carbons (Fsp3) is 0.136. The quantitative estimate of drug-likeness (QED) is 0.360. The molecule has 0 atom stereocenters. The van der Waals surface area contributed by atoms with E-state index in [4.69, 9.17) is 39.5 Å². The molecule has 0 N–H and O–H groups in total. The molecule has 0 bridgehead atoms. The number of benzene rings is 3. The lowest BCUT2D eigenvalue weighted by Crippen LogP contribution is -3.00. The molecule has 0 aliphatic carbocycles. The van der Waals surface area contributed by atoms with E-state index in [0.717, 1.165) is 15.9 Å². The van der Waals surface area contributed by atoms with Crippen molar-refractivity contribution in [3.63, 3.8) is 0 Å². The molecule has 0 heterocycles. The maximum Gasteiger partial charge on any atom is 0.345 e. The van der Waals surface area contributed by atoms with E-state index in [1.807, 2.05) is 79.7 Å². The van der Waals surface area contributed by atoms with Crippen molar-refractivity contribution in [1.82, 2.24) is 0 Å². The maximum absolute atomic E-state index is 12.7. The Morgan fingerprint density at radius 1 is 0.724 bits per heavy atom. The molecule has 7 heteroatoms. The molecule has 0 radical (unpaired) electrons. The summed E-state index contributed by atoms with van der Waals surface area (Å²) in [6.45, 7) is 2.14. The van der Waals surface area contributed by atoms with Crippen LogP contribution in [0.4, 0.5) is 0 Å². The van der Waals surface area contributed by atoms with Crippen LogP contribution in [0, 0.1) is 0 Å². The highest BCUT2D eigenvalue weighted by Crippen LogP contribution is 2.55. The minimum Gasteiger partial charge on any atom is -1.00 e. The van der Waals surface area contributed by atoms with E-state index >= 15 is 0 Å². The zero-order valence-electron chi connectivity index (χ0n) is 15.6. The number of hydrogen-bond donors (Lipinski definition) is 0. The van der Waals surface area contributed by atoms with Crippen molar-refractivity contribution in [2.75, 3.05) is 12.8 Å². The van der Waals surface area contributed by atoms with Gasteiger partial charge in [-0.05, 0) is 79.7 Å². The maximum atomic E-state index is 12.7. The molecular formula is C22H19BrCl3O2P. The van der Waals surface area contributed by atoms with E-state index in [1.54, 1.807) is 0 Å². The smallest absolute Gasteiger partial charge is 0.345 e. The first kappa shape index (κ1) is 24.2. The summed E-state index contributed by atoms with van der Waals surface area (Å²) >= 11 is 18.4. The summed E-state index contributed by atoms with van der Waals surface area (Å²) in [4.78, 5) is 12.7. The number of esters is 1. The highest BCUT2D eigenvalue weighted by atomic mass is 79.9. The zero-order chi connectivity index (χ0) is 20.1. The van der Waals surface area contributed by atoms with Crippen molar-refractivity contribution in [2.24, 2.45) is 0 Å². The molecule has 0 amide bonds. The van der Waals surface area contributed by atoms with Crippen LogP contribution < -0.4 is 32.9 Å². The van der Waals surface area contributed by atoms with Crippen LogP contribution in [0.3, 0.4) is 0 Å². The Balaban J connectivity index is 0.00000300. The van der Waals surface area contributed by atoms with Gasteiger partial charge in [0, 0.05) is 15.1 Å². The van der Waals surface area contributed by atoms with E-state index in [1.165, 1.54) is 0 Å². The van der Waals surface area contributed by atoms with Gasteiger partial charge in [-0.1, -0.05) is 34.8 Å². The molecule has 0 fully saturated rings. The molecule has 0 aliphatic rings. The molecule has 29 heavy (non-hydrogen) atoms. The fourth-order valence-electron chi connectivity index (χ4n) is 3.21. The van der Waals surface area contributed by atoms with Gasteiger partial charge in [-0.3, -0.25) is 0 Å². The molecule has 0 spiro atoms. The first-order valence-electron chi connectivity index (χ1n) is 8.78. The van der Waals surface area contributed by atoms with Crippen molar-refractivity contribution >= 4 is 63.9 Å². The lowest BCUT2D eigenvalue weighted by molar-refractivity contribution is -0.139. The van der Waals surface area contributed by atoms with Crippen LogP contribution in [0.1, 0.15) is 6.92 Å². The van der Waals surface area contributed by atoms with Crippen molar-refractivity contribution < 1.29 is 26.5 Å². The molecule has 152 valence electrons. The number of hydrogen-bond acceptors (Lipinski definition) is 2. The summed E-state index contributed by atoms with van der Waals surface area (Å²) in [5.74, 6) is -0.240. The summed E-state index contributed by atoms with van der Waals surface area (Å²) in [5, 5.41) is 5.04. The van der Waals surface area contributed by atoms with Crippen LogP contribution in [-0.4, -0.2) is 18.7 Å². The van der Waals surface area contributed by atoms with Gasteiger partial charge in [0.05, 0.1) is 6.61 Å². The monoisotopic (exact) mass is 530 g/mol. The Labute approximate surface area is 197 Å². The van der Waals surface area contributed by atoms with Gasteiger partial charge in [0.1, 0.15) is 23.2 Å². The van der Waals surface area contributed by atoms with E-state index in [9.17, 15) is 4.79 Å². The lowest BCUT2D eigenvalue weighted by atomic mass is 10.3. The largest absolute Gasteiger partial charge is 1.00 e. The second-order valence-electron chi connectivity index (χ2n) is 6.20. The van der Waals surface area contributed by atoms with Gasteiger partial charge in [-0.15, -0.1) is 0 Å². The van der Waals surface area contributed by atoms with Gasteiger partial charge in [-0.25, -0.2) is 4.79 Å². The number of halogens is 4. The third-order valence-electron chi connectivity index (χ3n) is 4.47. The van der Waals surface area contributed by atoms with Crippen LogP contribution in [0.2, 0.25) is 15.1 Å². The van der Waals surface area contributed by atoms with Crippen molar-refractivity contribution in [3.8, 4) is 0 Å². The van der Waals surface area contributed by atoms with Gasteiger partial charge < -0.3 is 21.7 Å². The summed E-state index contributed by atoms with van der Waals surface area (Å²) < 4.78 is 5.34. The van der Waals surface area contributed by atoms with Crippen LogP contribution in [0.15, 0.2) is 72.8 Å². The normalized spacial score (nSPS) is 10.9. The van der Waals surface area contributed by atoms with Gasteiger partial charge in [0.15, 0.2) is 6.16 Å². The SMILES string of the molecule is CCOC(=O)C[P+](c1ccc(Cl)cc1)(c1ccc(Cl)cc1)c1ccc(Cl)cc1.[Br-].